The molecule has 2 aromatic rings. The molecule has 0 aliphatic carbocycles. The lowest BCUT2D eigenvalue weighted by Gasteiger charge is -1.99. The molecule has 0 amide bonds. The van der Waals surface area contributed by atoms with E-state index >= 15 is 0 Å². The molecule has 0 bridgehead atoms. The molecule has 1 aromatic carbocycles. The van der Waals surface area contributed by atoms with Crippen molar-refractivity contribution in [3.8, 4) is 0 Å². The first-order chi connectivity index (χ1) is 6.88. The summed E-state index contributed by atoms with van der Waals surface area (Å²) in [6.07, 6.45) is 3.56. The number of aromatic amines is 1. The third-order valence-electron chi connectivity index (χ3n) is 1.85. The summed E-state index contributed by atoms with van der Waals surface area (Å²) in [5.41, 5.74) is 6.66. The van der Waals surface area contributed by atoms with Crippen molar-refractivity contribution in [1.82, 2.24) is 9.97 Å². The molecule has 0 saturated heterocycles. The van der Waals surface area contributed by atoms with Crippen LogP contribution in [0.25, 0.3) is 0 Å². The molecule has 0 aliphatic heterocycles. The number of hydrogen-bond donors (Lipinski definition) is 2. The molecule has 0 saturated carbocycles. The molecule has 72 valence electrons. The van der Waals surface area contributed by atoms with E-state index in [2.05, 4.69) is 22.1 Å². The van der Waals surface area contributed by atoms with Gasteiger partial charge >= 0.3 is 0 Å². The maximum absolute atomic E-state index is 5.51. The number of nitrogens with two attached hydrogens (primary N) is 1. The zero-order valence-corrected chi connectivity index (χ0v) is 8.42. The lowest BCUT2D eigenvalue weighted by molar-refractivity contribution is 1.05. The molecule has 0 radical (unpaired) electrons. The van der Waals surface area contributed by atoms with Crippen LogP contribution in [0, 0.1) is 0 Å². The van der Waals surface area contributed by atoms with E-state index < -0.39 is 0 Å². The van der Waals surface area contributed by atoms with Crippen LogP contribution in [0.4, 0.5) is 0 Å². The highest BCUT2D eigenvalue weighted by Gasteiger charge is 1.98. The van der Waals surface area contributed by atoms with Crippen molar-refractivity contribution in [2.24, 2.45) is 5.73 Å². The monoisotopic (exact) mass is 205 g/mol. The molecule has 1 heterocycles. The smallest absolute Gasteiger partial charge is 0.170 e. The van der Waals surface area contributed by atoms with Gasteiger partial charge in [0.1, 0.15) is 0 Å². The van der Waals surface area contributed by atoms with Crippen LogP contribution in [-0.2, 0) is 6.54 Å². The number of H-pyrrole nitrogens is 1. The SMILES string of the molecule is NCc1ccc(Sc2ncc[nH]2)cc1. The minimum absolute atomic E-state index is 0.589. The largest absolute Gasteiger partial charge is 0.339 e. The predicted octanol–water partition coefficient (Wildman–Crippen LogP) is 2.02. The van der Waals surface area contributed by atoms with Crippen LogP contribution >= 0.6 is 11.8 Å². The van der Waals surface area contributed by atoms with Crippen LogP contribution in [0.15, 0.2) is 46.7 Å². The lowest BCUT2D eigenvalue weighted by atomic mass is 10.2. The zero-order valence-electron chi connectivity index (χ0n) is 7.60. The summed E-state index contributed by atoms with van der Waals surface area (Å²) in [5, 5.41) is 0.908. The quantitative estimate of drug-likeness (QED) is 0.806. The van der Waals surface area contributed by atoms with E-state index in [1.807, 2.05) is 18.3 Å². The van der Waals surface area contributed by atoms with Crippen molar-refractivity contribution < 1.29 is 0 Å². The van der Waals surface area contributed by atoms with Gasteiger partial charge in [0.2, 0.25) is 0 Å². The second-order valence-corrected chi connectivity index (χ2v) is 3.91. The second-order valence-electron chi connectivity index (χ2n) is 2.84. The summed E-state index contributed by atoms with van der Waals surface area (Å²) >= 11 is 1.61. The molecule has 2 rings (SSSR count). The fourth-order valence-corrected chi connectivity index (χ4v) is 1.85. The number of hydrogen-bond acceptors (Lipinski definition) is 3. The topological polar surface area (TPSA) is 54.7 Å². The second kappa shape index (κ2) is 4.30. The molecular formula is C10H11N3S. The van der Waals surface area contributed by atoms with Gasteiger partial charge in [-0.3, -0.25) is 0 Å². The molecule has 0 fully saturated rings. The molecule has 4 heteroatoms. The van der Waals surface area contributed by atoms with Gasteiger partial charge in [0, 0.05) is 23.8 Å². The molecule has 0 spiro atoms. The minimum atomic E-state index is 0.589. The van der Waals surface area contributed by atoms with Crippen molar-refractivity contribution in [2.75, 3.05) is 0 Å². The van der Waals surface area contributed by atoms with Crippen molar-refractivity contribution in [3.05, 3.63) is 42.2 Å². The number of aromatic nitrogens is 2. The zero-order chi connectivity index (χ0) is 9.80. The maximum atomic E-state index is 5.51. The van der Waals surface area contributed by atoms with Gasteiger partial charge in [0.05, 0.1) is 0 Å². The molecule has 3 N–H and O–H groups in total. The Balaban J connectivity index is 2.10. The Hall–Kier alpha value is -1.26. The van der Waals surface area contributed by atoms with Gasteiger partial charge in [0.25, 0.3) is 0 Å². The molecule has 3 nitrogen and oxygen atoms in total. The van der Waals surface area contributed by atoms with Crippen molar-refractivity contribution in [3.63, 3.8) is 0 Å². The van der Waals surface area contributed by atoms with Crippen LogP contribution < -0.4 is 5.73 Å². The highest BCUT2D eigenvalue weighted by atomic mass is 32.2. The van der Waals surface area contributed by atoms with Crippen molar-refractivity contribution >= 4 is 11.8 Å². The van der Waals surface area contributed by atoms with Crippen LogP contribution in [-0.4, -0.2) is 9.97 Å². The van der Waals surface area contributed by atoms with Gasteiger partial charge < -0.3 is 10.7 Å². The third-order valence-corrected chi connectivity index (χ3v) is 2.77. The molecule has 0 aliphatic rings. The Morgan fingerprint density at radius 1 is 1.29 bits per heavy atom. The Morgan fingerprint density at radius 2 is 2.07 bits per heavy atom. The Morgan fingerprint density at radius 3 is 2.64 bits per heavy atom. The van der Waals surface area contributed by atoms with E-state index in [9.17, 15) is 0 Å². The first-order valence-corrected chi connectivity index (χ1v) is 5.16. The van der Waals surface area contributed by atoms with Crippen LogP contribution in [0.2, 0.25) is 0 Å². The molecule has 0 unspecified atom stereocenters. The number of nitrogens with one attached hydrogen (secondary N) is 1. The number of imidazole rings is 1. The minimum Gasteiger partial charge on any atom is -0.339 e. The first-order valence-electron chi connectivity index (χ1n) is 4.35. The highest BCUT2D eigenvalue weighted by Crippen LogP contribution is 2.24. The number of nitrogens with zero attached hydrogens (tertiary/aromatic N) is 1. The van der Waals surface area contributed by atoms with Crippen LogP contribution in [0.5, 0.6) is 0 Å². The Bertz CT molecular complexity index is 380. The molecular weight excluding hydrogens is 194 g/mol. The normalized spacial score (nSPS) is 10.4. The van der Waals surface area contributed by atoms with E-state index in [-0.39, 0.29) is 0 Å². The summed E-state index contributed by atoms with van der Waals surface area (Å²) in [6.45, 7) is 0.589. The number of benzene rings is 1. The average molecular weight is 205 g/mol. The number of rotatable bonds is 3. The first kappa shape index (κ1) is 9.30. The molecule has 1 aromatic heterocycles. The lowest BCUT2D eigenvalue weighted by Crippen LogP contribution is -1.94. The average Bonchev–Trinajstić information content (AvgIpc) is 2.72. The molecule has 0 atom stereocenters. The summed E-state index contributed by atoms with van der Waals surface area (Å²) < 4.78 is 0. The van der Waals surface area contributed by atoms with Gasteiger partial charge in [-0.05, 0) is 17.7 Å². The van der Waals surface area contributed by atoms with E-state index in [1.54, 1.807) is 18.0 Å². The fourth-order valence-electron chi connectivity index (χ4n) is 1.11. The van der Waals surface area contributed by atoms with E-state index in [1.165, 1.54) is 0 Å². The van der Waals surface area contributed by atoms with Gasteiger partial charge in [-0.1, -0.05) is 23.9 Å². The Kier molecular flexibility index (Phi) is 2.86. The van der Waals surface area contributed by atoms with E-state index in [4.69, 9.17) is 5.73 Å². The molecule has 14 heavy (non-hydrogen) atoms. The van der Waals surface area contributed by atoms with Gasteiger partial charge in [-0.25, -0.2) is 4.98 Å². The van der Waals surface area contributed by atoms with Crippen LogP contribution in [0.1, 0.15) is 5.56 Å². The fraction of sp³-hybridized carbons (Fsp3) is 0.100. The summed E-state index contributed by atoms with van der Waals surface area (Å²) in [4.78, 5) is 8.34. The maximum Gasteiger partial charge on any atom is 0.170 e. The van der Waals surface area contributed by atoms with E-state index in [0.29, 0.717) is 6.54 Å². The Labute approximate surface area is 86.7 Å². The van der Waals surface area contributed by atoms with Gasteiger partial charge in [-0.15, -0.1) is 0 Å². The highest BCUT2D eigenvalue weighted by molar-refractivity contribution is 7.99. The standard InChI is InChI=1S/C10H11N3S/c11-7-8-1-3-9(4-2-8)14-10-12-5-6-13-10/h1-6H,7,11H2,(H,12,13). The predicted molar refractivity (Wildman–Crippen MR) is 57.0 cm³/mol. The van der Waals surface area contributed by atoms with Gasteiger partial charge in [0.15, 0.2) is 5.16 Å². The van der Waals surface area contributed by atoms with Gasteiger partial charge in [-0.2, -0.15) is 0 Å². The summed E-state index contributed by atoms with van der Waals surface area (Å²) in [6, 6.07) is 8.17. The van der Waals surface area contributed by atoms with Crippen molar-refractivity contribution in [1.29, 1.82) is 0 Å². The third kappa shape index (κ3) is 2.16. The summed E-state index contributed by atoms with van der Waals surface area (Å²) in [5.74, 6) is 0. The summed E-state index contributed by atoms with van der Waals surface area (Å²) in [7, 11) is 0. The van der Waals surface area contributed by atoms with Crippen molar-refractivity contribution in [2.45, 2.75) is 16.6 Å². The van der Waals surface area contributed by atoms with E-state index in [0.717, 1.165) is 15.6 Å². The van der Waals surface area contributed by atoms with Crippen LogP contribution in [0.3, 0.4) is 0 Å².